The molecule has 0 aliphatic heterocycles. The monoisotopic (exact) mass is 281 g/mol. The number of aryl methyl sites for hydroxylation is 3. The largest absolute Gasteiger partial charge is 0.462 e. The van der Waals surface area contributed by atoms with Gasteiger partial charge in [0.15, 0.2) is 0 Å². The van der Waals surface area contributed by atoms with Gasteiger partial charge in [-0.2, -0.15) is 0 Å². The van der Waals surface area contributed by atoms with Crippen LogP contribution in [-0.2, 0) is 24.0 Å². The van der Waals surface area contributed by atoms with Gasteiger partial charge in [-0.05, 0) is 43.4 Å². The SMILES string of the molecule is CCOC(=O)c1cc2c(nc1CC)-c1ccccc1CC2. The van der Waals surface area contributed by atoms with E-state index in [1.54, 1.807) is 0 Å². The molecule has 0 amide bonds. The minimum atomic E-state index is -0.261. The van der Waals surface area contributed by atoms with Crippen molar-refractivity contribution in [3.8, 4) is 11.3 Å². The second kappa shape index (κ2) is 5.68. The van der Waals surface area contributed by atoms with E-state index in [0.717, 1.165) is 36.2 Å². The lowest BCUT2D eigenvalue weighted by molar-refractivity contribution is 0.0524. The number of hydrogen-bond donors (Lipinski definition) is 0. The summed E-state index contributed by atoms with van der Waals surface area (Å²) in [5.74, 6) is -0.261. The van der Waals surface area contributed by atoms with Crippen LogP contribution in [0.3, 0.4) is 0 Å². The number of carbonyl (C=O) groups excluding carboxylic acids is 1. The molecule has 0 saturated carbocycles. The molecule has 1 heterocycles. The average Bonchev–Trinajstić information content (AvgIpc) is 2.53. The maximum absolute atomic E-state index is 12.1. The van der Waals surface area contributed by atoms with Gasteiger partial charge in [0.1, 0.15) is 0 Å². The molecular formula is C18H19NO2. The van der Waals surface area contributed by atoms with Crippen LogP contribution in [0.15, 0.2) is 30.3 Å². The molecule has 3 rings (SSSR count). The first-order chi connectivity index (χ1) is 10.2. The van der Waals surface area contributed by atoms with E-state index in [2.05, 4.69) is 18.2 Å². The van der Waals surface area contributed by atoms with Gasteiger partial charge >= 0.3 is 5.97 Å². The molecule has 0 saturated heterocycles. The van der Waals surface area contributed by atoms with Gasteiger partial charge < -0.3 is 4.74 Å². The molecule has 0 fully saturated rings. The second-order valence-electron chi connectivity index (χ2n) is 5.22. The van der Waals surface area contributed by atoms with Gasteiger partial charge in [-0.15, -0.1) is 0 Å². The molecule has 1 aliphatic rings. The van der Waals surface area contributed by atoms with E-state index in [-0.39, 0.29) is 5.97 Å². The van der Waals surface area contributed by atoms with Crippen molar-refractivity contribution in [2.24, 2.45) is 0 Å². The smallest absolute Gasteiger partial charge is 0.339 e. The summed E-state index contributed by atoms with van der Waals surface area (Å²) in [7, 11) is 0. The predicted octanol–water partition coefficient (Wildman–Crippen LogP) is 3.59. The summed E-state index contributed by atoms with van der Waals surface area (Å²) in [6, 6.07) is 10.4. The molecule has 108 valence electrons. The third kappa shape index (κ3) is 2.44. The molecule has 3 heteroatoms. The van der Waals surface area contributed by atoms with Crippen molar-refractivity contribution < 1.29 is 9.53 Å². The van der Waals surface area contributed by atoms with Crippen LogP contribution in [0, 0.1) is 0 Å². The Bertz CT molecular complexity index is 692. The first kappa shape index (κ1) is 13.8. The summed E-state index contributed by atoms with van der Waals surface area (Å²) in [5, 5.41) is 0. The van der Waals surface area contributed by atoms with Crippen LogP contribution in [0.4, 0.5) is 0 Å². The lowest BCUT2D eigenvalue weighted by Gasteiger charge is -2.21. The maximum Gasteiger partial charge on any atom is 0.339 e. The Morgan fingerprint density at radius 3 is 2.71 bits per heavy atom. The summed E-state index contributed by atoms with van der Waals surface area (Å²) >= 11 is 0. The molecule has 3 nitrogen and oxygen atoms in total. The lowest BCUT2D eigenvalue weighted by atomic mass is 9.88. The van der Waals surface area contributed by atoms with Crippen molar-refractivity contribution in [3.63, 3.8) is 0 Å². The zero-order valence-corrected chi connectivity index (χ0v) is 12.5. The summed E-state index contributed by atoms with van der Waals surface area (Å²) in [6.07, 6.45) is 2.65. The van der Waals surface area contributed by atoms with Crippen molar-refractivity contribution in [1.82, 2.24) is 4.98 Å². The zero-order chi connectivity index (χ0) is 14.8. The molecule has 0 radical (unpaired) electrons. The molecule has 2 aromatic rings. The van der Waals surface area contributed by atoms with E-state index in [9.17, 15) is 4.79 Å². The number of carbonyl (C=O) groups is 1. The number of hydrogen-bond acceptors (Lipinski definition) is 3. The molecule has 0 unspecified atom stereocenters. The van der Waals surface area contributed by atoms with Crippen LogP contribution in [0.5, 0.6) is 0 Å². The molecular weight excluding hydrogens is 262 g/mol. The number of nitrogens with zero attached hydrogens (tertiary/aromatic N) is 1. The number of esters is 1. The molecule has 1 aromatic carbocycles. The third-order valence-corrected chi connectivity index (χ3v) is 3.95. The van der Waals surface area contributed by atoms with Gasteiger partial charge in [0.25, 0.3) is 0 Å². The van der Waals surface area contributed by atoms with Crippen LogP contribution in [-0.4, -0.2) is 17.6 Å². The second-order valence-corrected chi connectivity index (χ2v) is 5.22. The molecule has 0 N–H and O–H groups in total. The average molecular weight is 281 g/mol. The van der Waals surface area contributed by atoms with Crippen LogP contribution < -0.4 is 0 Å². The van der Waals surface area contributed by atoms with E-state index in [4.69, 9.17) is 9.72 Å². The van der Waals surface area contributed by atoms with Gasteiger partial charge in [-0.1, -0.05) is 31.2 Å². The lowest BCUT2D eigenvalue weighted by Crippen LogP contribution is -2.14. The van der Waals surface area contributed by atoms with E-state index in [0.29, 0.717) is 12.2 Å². The number of pyridine rings is 1. The third-order valence-electron chi connectivity index (χ3n) is 3.95. The molecule has 0 spiro atoms. The number of fused-ring (bicyclic) bond motifs is 3. The highest BCUT2D eigenvalue weighted by atomic mass is 16.5. The normalized spacial score (nSPS) is 12.5. The van der Waals surface area contributed by atoms with E-state index in [1.807, 2.05) is 26.0 Å². The highest BCUT2D eigenvalue weighted by Crippen LogP contribution is 2.33. The van der Waals surface area contributed by atoms with Crippen molar-refractivity contribution in [2.75, 3.05) is 6.61 Å². The zero-order valence-electron chi connectivity index (χ0n) is 12.5. The molecule has 1 aromatic heterocycles. The van der Waals surface area contributed by atoms with Gasteiger partial charge in [-0.3, -0.25) is 4.98 Å². The Morgan fingerprint density at radius 1 is 1.19 bits per heavy atom. The van der Waals surface area contributed by atoms with E-state index >= 15 is 0 Å². The van der Waals surface area contributed by atoms with Crippen LogP contribution in [0.1, 0.15) is 41.0 Å². The van der Waals surface area contributed by atoms with Gasteiger partial charge in [-0.25, -0.2) is 4.79 Å². The number of aromatic nitrogens is 1. The van der Waals surface area contributed by atoms with Crippen molar-refractivity contribution in [3.05, 3.63) is 52.7 Å². The summed E-state index contributed by atoms with van der Waals surface area (Å²) in [5.41, 5.74) is 6.16. The van der Waals surface area contributed by atoms with Crippen molar-refractivity contribution >= 4 is 5.97 Å². The predicted molar refractivity (Wildman–Crippen MR) is 82.4 cm³/mol. The first-order valence-corrected chi connectivity index (χ1v) is 7.52. The molecule has 1 aliphatic carbocycles. The van der Waals surface area contributed by atoms with E-state index < -0.39 is 0 Å². The highest BCUT2D eigenvalue weighted by Gasteiger charge is 2.22. The Hall–Kier alpha value is -2.16. The van der Waals surface area contributed by atoms with Gasteiger partial charge in [0.05, 0.1) is 23.6 Å². The molecule has 0 bridgehead atoms. The Labute approximate surface area is 125 Å². The van der Waals surface area contributed by atoms with Crippen molar-refractivity contribution in [1.29, 1.82) is 0 Å². The Balaban J connectivity index is 2.13. The van der Waals surface area contributed by atoms with Crippen LogP contribution >= 0.6 is 0 Å². The van der Waals surface area contributed by atoms with Crippen LogP contribution in [0.2, 0.25) is 0 Å². The van der Waals surface area contributed by atoms with E-state index in [1.165, 1.54) is 11.1 Å². The maximum atomic E-state index is 12.1. The number of ether oxygens (including phenoxy) is 1. The summed E-state index contributed by atoms with van der Waals surface area (Å²) in [4.78, 5) is 16.9. The minimum absolute atomic E-state index is 0.261. The molecule has 21 heavy (non-hydrogen) atoms. The fourth-order valence-electron chi connectivity index (χ4n) is 2.91. The fourth-order valence-corrected chi connectivity index (χ4v) is 2.91. The fraction of sp³-hybridized carbons (Fsp3) is 0.333. The summed E-state index contributed by atoms with van der Waals surface area (Å²) in [6.45, 7) is 4.24. The van der Waals surface area contributed by atoms with Gasteiger partial charge in [0, 0.05) is 5.56 Å². The van der Waals surface area contributed by atoms with Crippen molar-refractivity contribution in [2.45, 2.75) is 33.1 Å². The van der Waals surface area contributed by atoms with Crippen LogP contribution in [0.25, 0.3) is 11.3 Å². The summed E-state index contributed by atoms with van der Waals surface area (Å²) < 4.78 is 5.15. The number of rotatable bonds is 3. The minimum Gasteiger partial charge on any atom is -0.462 e. The first-order valence-electron chi connectivity index (χ1n) is 7.52. The molecule has 0 atom stereocenters. The Morgan fingerprint density at radius 2 is 1.95 bits per heavy atom. The number of benzene rings is 1. The quantitative estimate of drug-likeness (QED) is 0.807. The standard InChI is InChI=1S/C18H19NO2/c1-3-16-15(18(20)21-4-2)11-13-10-9-12-7-5-6-8-14(12)17(13)19-16/h5-8,11H,3-4,9-10H2,1-2H3. The highest BCUT2D eigenvalue weighted by molar-refractivity contribution is 5.91. The topological polar surface area (TPSA) is 39.2 Å². The Kier molecular flexibility index (Phi) is 3.74. The van der Waals surface area contributed by atoms with Gasteiger partial charge in [0.2, 0.25) is 0 Å².